The maximum absolute atomic E-state index is 11.4. The van der Waals surface area contributed by atoms with Gasteiger partial charge in [0, 0.05) is 17.5 Å². The maximum Gasteiger partial charge on any atom is 0.336 e. The van der Waals surface area contributed by atoms with E-state index in [2.05, 4.69) is 20.8 Å². The van der Waals surface area contributed by atoms with E-state index in [1.165, 1.54) is 11.6 Å². The Labute approximate surface area is 172 Å². The molecule has 0 aliphatic heterocycles. The van der Waals surface area contributed by atoms with E-state index in [-0.39, 0.29) is 23.1 Å². The number of allylic oxidation sites excluding steroid dienone is 1. The lowest BCUT2D eigenvalue weighted by Crippen LogP contribution is -2.53. The fourth-order valence-electron chi connectivity index (χ4n) is 4.58. The Morgan fingerprint density at radius 3 is 2.76 bits per heavy atom. The molecule has 5 heteroatoms. The molecule has 0 unspecified atom stereocenters. The van der Waals surface area contributed by atoms with Gasteiger partial charge in [0.2, 0.25) is 0 Å². The van der Waals surface area contributed by atoms with Crippen molar-refractivity contribution < 1.29 is 19.4 Å². The zero-order valence-electron chi connectivity index (χ0n) is 17.8. The van der Waals surface area contributed by atoms with Gasteiger partial charge in [-0.15, -0.1) is 0 Å². The van der Waals surface area contributed by atoms with Crippen LogP contribution in [-0.4, -0.2) is 28.5 Å². The predicted molar refractivity (Wildman–Crippen MR) is 114 cm³/mol. The third kappa shape index (κ3) is 4.90. The van der Waals surface area contributed by atoms with Crippen molar-refractivity contribution in [2.24, 2.45) is 11.3 Å². The average molecular weight is 401 g/mol. The van der Waals surface area contributed by atoms with Crippen molar-refractivity contribution in [3.63, 3.8) is 0 Å². The van der Waals surface area contributed by atoms with Gasteiger partial charge in [0.15, 0.2) is 0 Å². The molecular weight excluding hydrogens is 368 g/mol. The Bertz CT molecular complexity index is 938. The van der Waals surface area contributed by atoms with Crippen LogP contribution in [0.3, 0.4) is 0 Å². The third-order valence-electron chi connectivity index (χ3n) is 6.54. The van der Waals surface area contributed by atoms with Gasteiger partial charge in [-0.05, 0) is 75.1 Å². The summed E-state index contributed by atoms with van der Waals surface area (Å²) in [5, 5.41) is 22.1. The van der Waals surface area contributed by atoms with Crippen molar-refractivity contribution in [1.29, 1.82) is 0 Å². The van der Waals surface area contributed by atoms with Crippen LogP contribution in [0, 0.1) is 11.3 Å². The molecule has 1 heterocycles. The molecular formula is C24H32O5. The molecule has 1 aliphatic rings. The van der Waals surface area contributed by atoms with Gasteiger partial charge in [-0.2, -0.15) is 0 Å². The number of aliphatic hydroxyl groups excluding tert-OH is 1. The summed E-state index contributed by atoms with van der Waals surface area (Å²) < 4.78 is 11.0. The minimum Gasteiger partial charge on any atom is -0.489 e. The molecule has 3 atom stereocenters. The van der Waals surface area contributed by atoms with E-state index in [0.717, 1.165) is 18.2 Å². The van der Waals surface area contributed by atoms with Gasteiger partial charge in [-0.25, -0.2) is 4.79 Å². The number of benzene rings is 1. The normalized spacial score (nSPS) is 27.2. The fraction of sp³-hybridized carbons (Fsp3) is 0.542. The maximum atomic E-state index is 11.4. The van der Waals surface area contributed by atoms with Crippen LogP contribution in [0.5, 0.6) is 5.75 Å². The summed E-state index contributed by atoms with van der Waals surface area (Å²) in [6, 6.07) is 8.58. The van der Waals surface area contributed by atoms with Crippen LogP contribution in [0.2, 0.25) is 0 Å². The van der Waals surface area contributed by atoms with Gasteiger partial charge in [0.05, 0.1) is 11.7 Å². The molecule has 2 aromatic rings. The Morgan fingerprint density at radius 1 is 1.28 bits per heavy atom. The van der Waals surface area contributed by atoms with Gasteiger partial charge in [-0.1, -0.05) is 19.4 Å². The minimum atomic E-state index is -0.755. The molecule has 3 rings (SSSR count). The molecule has 0 radical (unpaired) electrons. The van der Waals surface area contributed by atoms with E-state index in [4.69, 9.17) is 9.15 Å². The first-order chi connectivity index (χ1) is 13.6. The Balaban J connectivity index is 1.58. The first-order valence-electron chi connectivity index (χ1n) is 10.3. The van der Waals surface area contributed by atoms with Crippen LogP contribution in [0.25, 0.3) is 11.0 Å². The van der Waals surface area contributed by atoms with Crippen molar-refractivity contribution in [1.82, 2.24) is 0 Å². The van der Waals surface area contributed by atoms with Crippen molar-refractivity contribution >= 4 is 11.0 Å². The SMILES string of the molecule is C/C(=C\COc1ccc2ccc(=O)oc2c1)CC[C@H]1C(C)(C)[C@@H](O)CC[C@]1(C)O. The second kappa shape index (κ2) is 8.33. The number of rotatable bonds is 6. The second-order valence-electron chi connectivity index (χ2n) is 9.14. The van der Waals surface area contributed by atoms with Crippen LogP contribution >= 0.6 is 0 Å². The van der Waals surface area contributed by atoms with E-state index in [1.807, 2.05) is 25.1 Å². The number of hydrogen-bond donors (Lipinski definition) is 2. The molecule has 1 aromatic carbocycles. The van der Waals surface area contributed by atoms with Gasteiger partial charge >= 0.3 is 5.63 Å². The molecule has 2 N–H and O–H groups in total. The monoisotopic (exact) mass is 400 g/mol. The Kier molecular flexibility index (Phi) is 6.20. The van der Waals surface area contributed by atoms with Crippen LogP contribution in [0.1, 0.15) is 53.4 Å². The molecule has 1 fully saturated rings. The highest BCUT2D eigenvalue weighted by atomic mass is 16.5. The Hall–Kier alpha value is -2.11. The molecule has 1 saturated carbocycles. The zero-order valence-corrected chi connectivity index (χ0v) is 17.8. The molecule has 0 saturated heterocycles. The van der Waals surface area contributed by atoms with E-state index in [0.29, 0.717) is 30.8 Å². The predicted octanol–water partition coefficient (Wildman–Crippen LogP) is 4.45. The van der Waals surface area contributed by atoms with Crippen molar-refractivity contribution in [3.05, 3.63) is 52.4 Å². The summed E-state index contributed by atoms with van der Waals surface area (Å²) in [4.78, 5) is 11.4. The van der Waals surface area contributed by atoms with E-state index < -0.39 is 5.60 Å². The van der Waals surface area contributed by atoms with Gasteiger partial charge < -0.3 is 19.4 Å². The fourth-order valence-corrected chi connectivity index (χ4v) is 4.58. The van der Waals surface area contributed by atoms with E-state index in [9.17, 15) is 15.0 Å². The molecule has 0 amide bonds. The lowest BCUT2D eigenvalue weighted by atomic mass is 9.59. The van der Waals surface area contributed by atoms with Crippen molar-refractivity contribution in [2.75, 3.05) is 6.61 Å². The minimum absolute atomic E-state index is 0.0337. The third-order valence-corrected chi connectivity index (χ3v) is 6.54. The van der Waals surface area contributed by atoms with E-state index in [1.54, 1.807) is 12.1 Å². The highest BCUT2D eigenvalue weighted by Crippen LogP contribution is 2.48. The van der Waals surface area contributed by atoms with Gasteiger partial charge in [-0.3, -0.25) is 0 Å². The highest BCUT2D eigenvalue weighted by Gasteiger charge is 2.49. The van der Waals surface area contributed by atoms with Crippen molar-refractivity contribution in [3.8, 4) is 5.75 Å². The number of ether oxygens (including phenoxy) is 1. The van der Waals surface area contributed by atoms with Crippen LogP contribution in [-0.2, 0) is 0 Å². The van der Waals surface area contributed by atoms with Gasteiger partial charge in [0.1, 0.15) is 17.9 Å². The molecule has 1 aromatic heterocycles. The smallest absolute Gasteiger partial charge is 0.336 e. The molecule has 5 nitrogen and oxygen atoms in total. The van der Waals surface area contributed by atoms with Crippen LogP contribution in [0.4, 0.5) is 0 Å². The summed E-state index contributed by atoms with van der Waals surface area (Å²) in [6.45, 7) is 8.48. The lowest BCUT2D eigenvalue weighted by Gasteiger charge is -2.51. The van der Waals surface area contributed by atoms with E-state index >= 15 is 0 Å². The van der Waals surface area contributed by atoms with Crippen LogP contribution in [0.15, 0.2) is 51.2 Å². The number of aliphatic hydroxyl groups is 2. The highest BCUT2D eigenvalue weighted by molar-refractivity contribution is 5.77. The molecule has 29 heavy (non-hydrogen) atoms. The summed E-state index contributed by atoms with van der Waals surface area (Å²) >= 11 is 0. The summed E-state index contributed by atoms with van der Waals surface area (Å²) in [7, 11) is 0. The Morgan fingerprint density at radius 2 is 2.00 bits per heavy atom. The lowest BCUT2D eigenvalue weighted by molar-refractivity contribution is -0.145. The van der Waals surface area contributed by atoms with Crippen LogP contribution < -0.4 is 10.4 Å². The summed E-state index contributed by atoms with van der Waals surface area (Å²) in [5.74, 6) is 0.682. The first-order valence-corrected chi connectivity index (χ1v) is 10.3. The summed E-state index contributed by atoms with van der Waals surface area (Å²) in [5.41, 5.74) is 0.249. The topological polar surface area (TPSA) is 79.9 Å². The second-order valence-corrected chi connectivity index (χ2v) is 9.14. The number of hydrogen-bond acceptors (Lipinski definition) is 5. The molecule has 0 bridgehead atoms. The average Bonchev–Trinajstić information content (AvgIpc) is 2.64. The quantitative estimate of drug-likeness (QED) is 0.553. The largest absolute Gasteiger partial charge is 0.489 e. The van der Waals surface area contributed by atoms with Gasteiger partial charge in [0.25, 0.3) is 0 Å². The van der Waals surface area contributed by atoms with Crippen molar-refractivity contribution in [2.45, 2.75) is 65.1 Å². The first kappa shape index (κ1) is 21.6. The zero-order chi connectivity index (χ0) is 21.2. The summed E-state index contributed by atoms with van der Waals surface area (Å²) in [6.07, 6.45) is 4.59. The number of fused-ring (bicyclic) bond motifs is 1. The standard InChI is InChI=1S/C24H32O5/c1-16(5-9-20-23(2,3)21(25)11-13-24(20,4)27)12-14-28-18-8-6-17-7-10-22(26)29-19(17)15-18/h6-8,10,12,15,20-21,25,27H,5,9,11,13-14H2,1-4H3/b16-12+/t20-,21-,24-/m0/s1. The molecule has 1 aliphatic carbocycles. The molecule has 158 valence electrons. The molecule has 0 spiro atoms.